The summed E-state index contributed by atoms with van der Waals surface area (Å²) in [5, 5.41) is 5.77. The van der Waals surface area contributed by atoms with E-state index in [9.17, 15) is 0 Å². The number of benzene rings is 8. The van der Waals surface area contributed by atoms with E-state index in [0.717, 1.165) is 78.3 Å². The van der Waals surface area contributed by atoms with Crippen LogP contribution in [-0.4, -0.2) is 9.97 Å². The standard InChI is InChI=1S/C52H35N3/c1-5-18-36(19-6-1)38-34-48(37-20-7-2-8-21-37)53-49(35-38)41-26-13-14-27-44(41)52-46-33-32-42-43(51(46)45-28-15-16-30-47(45)54-52)29-17-31-50(42)55(39-22-9-3-10-23-39)40-24-11-4-12-25-40/h1-35H. The van der Waals surface area contributed by atoms with Crippen LogP contribution in [0.15, 0.2) is 212 Å². The van der Waals surface area contributed by atoms with Gasteiger partial charge >= 0.3 is 0 Å². The third-order valence-corrected chi connectivity index (χ3v) is 10.4. The second kappa shape index (κ2) is 13.9. The number of nitrogens with zero attached hydrogens (tertiary/aromatic N) is 3. The largest absolute Gasteiger partial charge is 0.310 e. The molecule has 10 aromatic rings. The highest BCUT2D eigenvalue weighted by Crippen LogP contribution is 2.45. The maximum atomic E-state index is 5.44. The highest BCUT2D eigenvalue weighted by atomic mass is 15.1. The van der Waals surface area contributed by atoms with Crippen LogP contribution in [0.4, 0.5) is 17.1 Å². The van der Waals surface area contributed by atoms with Gasteiger partial charge < -0.3 is 4.90 Å². The van der Waals surface area contributed by atoms with Crippen molar-refractivity contribution in [3.8, 4) is 44.9 Å². The Morgan fingerprint density at radius 2 is 0.873 bits per heavy atom. The van der Waals surface area contributed by atoms with Crippen LogP contribution < -0.4 is 4.90 Å². The summed E-state index contributed by atoms with van der Waals surface area (Å²) >= 11 is 0. The van der Waals surface area contributed by atoms with Crippen LogP contribution in [0.1, 0.15) is 0 Å². The average Bonchev–Trinajstić information content (AvgIpc) is 3.27. The van der Waals surface area contributed by atoms with E-state index >= 15 is 0 Å². The van der Waals surface area contributed by atoms with Crippen LogP contribution in [0.25, 0.3) is 77.3 Å². The van der Waals surface area contributed by atoms with Gasteiger partial charge in [0.25, 0.3) is 0 Å². The molecule has 0 amide bonds. The molecule has 0 atom stereocenters. The smallest absolute Gasteiger partial charge is 0.0795 e. The summed E-state index contributed by atoms with van der Waals surface area (Å²) in [6, 6.07) is 74.9. The van der Waals surface area contributed by atoms with Crippen LogP contribution in [-0.2, 0) is 0 Å². The fraction of sp³-hybridized carbons (Fsp3) is 0. The maximum Gasteiger partial charge on any atom is 0.0795 e. The lowest BCUT2D eigenvalue weighted by molar-refractivity contribution is 1.30. The van der Waals surface area contributed by atoms with Crippen LogP contribution in [0.3, 0.4) is 0 Å². The number of aromatic nitrogens is 2. The molecule has 0 N–H and O–H groups in total. The van der Waals surface area contributed by atoms with Crippen molar-refractivity contribution in [2.75, 3.05) is 4.90 Å². The lowest BCUT2D eigenvalue weighted by atomic mass is 9.91. The summed E-state index contributed by atoms with van der Waals surface area (Å²) in [5.41, 5.74) is 12.5. The number of fused-ring (bicyclic) bond motifs is 5. The zero-order chi connectivity index (χ0) is 36.6. The van der Waals surface area contributed by atoms with E-state index in [-0.39, 0.29) is 0 Å². The molecule has 3 nitrogen and oxygen atoms in total. The minimum atomic E-state index is 0.906. The van der Waals surface area contributed by atoms with Crippen molar-refractivity contribution >= 4 is 49.5 Å². The van der Waals surface area contributed by atoms with Gasteiger partial charge in [-0.15, -0.1) is 0 Å². The van der Waals surface area contributed by atoms with Crippen molar-refractivity contribution in [3.63, 3.8) is 0 Å². The van der Waals surface area contributed by atoms with Crippen molar-refractivity contribution in [2.45, 2.75) is 0 Å². The van der Waals surface area contributed by atoms with Gasteiger partial charge in [-0.05, 0) is 65.0 Å². The van der Waals surface area contributed by atoms with Gasteiger partial charge in [0.1, 0.15) is 0 Å². The van der Waals surface area contributed by atoms with Crippen molar-refractivity contribution < 1.29 is 0 Å². The van der Waals surface area contributed by atoms with Gasteiger partial charge in [-0.2, -0.15) is 0 Å². The van der Waals surface area contributed by atoms with E-state index in [2.05, 4.69) is 211 Å². The second-order valence-electron chi connectivity index (χ2n) is 13.7. The zero-order valence-electron chi connectivity index (χ0n) is 30.0. The number of rotatable bonds is 7. The van der Waals surface area contributed by atoms with Crippen molar-refractivity contribution in [3.05, 3.63) is 212 Å². The lowest BCUT2D eigenvalue weighted by Crippen LogP contribution is -2.10. The molecule has 0 unspecified atom stereocenters. The van der Waals surface area contributed by atoms with Crippen molar-refractivity contribution in [1.29, 1.82) is 0 Å². The van der Waals surface area contributed by atoms with Gasteiger partial charge in [-0.25, -0.2) is 9.97 Å². The Balaban J connectivity index is 1.23. The third kappa shape index (κ3) is 5.89. The fourth-order valence-electron chi connectivity index (χ4n) is 7.91. The SMILES string of the molecule is c1ccc(-c2cc(-c3ccccc3)nc(-c3ccccc3-c3nc4ccccc4c4c3ccc3c(N(c5ccccc5)c5ccccc5)cccc34)c2)cc1. The molecule has 0 fully saturated rings. The van der Waals surface area contributed by atoms with Gasteiger partial charge in [-0.3, -0.25) is 0 Å². The summed E-state index contributed by atoms with van der Waals surface area (Å²) in [6.45, 7) is 0. The Kier molecular flexibility index (Phi) is 8.16. The Hall–Kier alpha value is -7.36. The van der Waals surface area contributed by atoms with Crippen LogP contribution >= 0.6 is 0 Å². The fourth-order valence-corrected chi connectivity index (χ4v) is 7.91. The molecular formula is C52H35N3. The normalized spacial score (nSPS) is 11.3. The van der Waals surface area contributed by atoms with E-state index in [0.29, 0.717) is 0 Å². The van der Waals surface area contributed by atoms with Gasteiger partial charge in [-0.1, -0.05) is 164 Å². The molecule has 0 aliphatic heterocycles. The first-order valence-electron chi connectivity index (χ1n) is 18.7. The maximum absolute atomic E-state index is 5.44. The number of anilines is 3. The van der Waals surface area contributed by atoms with Crippen molar-refractivity contribution in [1.82, 2.24) is 9.97 Å². The molecule has 0 bridgehead atoms. The summed E-state index contributed by atoms with van der Waals surface area (Å²) in [7, 11) is 0. The number of hydrogen-bond donors (Lipinski definition) is 0. The molecule has 0 saturated heterocycles. The Bertz CT molecular complexity index is 2860. The van der Waals surface area contributed by atoms with E-state index in [1.165, 1.54) is 16.2 Å². The van der Waals surface area contributed by atoms with E-state index in [4.69, 9.17) is 9.97 Å². The van der Waals surface area contributed by atoms with Crippen LogP contribution in [0.2, 0.25) is 0 Å². The minimum Gasteiger partial charge on any atom is -0.310 e. The van der Waals surface area contributed by atoms with E-state index in [1.807, 2.05) is 6.07 Å². The summed E-state index contributed by atoms with van der Waals surface area (Å²) in [4.78, 5) is 13.1. The molecule has 0 aliphatic rings. The van der Waals surface area contributed by atoms with Gasteiger partial charge in [0.05, 0.1) is 28.3 Å². The average molecular weight is 702 g/mol. The van der Waals surface area contributed by atoms with Crippen molar-refractivity contribution in [2.24, 2.45) is 0 Å². The molecule has 0 aliphatic carbocycles. The molecule has 3 heteroatoms. The first-order chi connectivity index (χ1) is 27.3. The molecule has 8 aromatic carbocycles. The number of para-hydroxylation sites is 3. The van der Waals surface area contributed by atoms with E-state index < -0.39 is 0 Å². The second-order valence-corrected chi connectivity index (χ2v) is 13.7. The topological polar surface area (TPSA) is 29.0 Å². The molecular weight excluding hydrogens is 667 g/mol. The Labute approximate surface area is 320 Å². The van der Waals surface area contributed by atoms with Gasteiger partial charge in [0, 0.05) is 49.6 Å². The molecule has 55 heavy (non-hydrogen) atoms. The molecule has 2 aromatic heterocycles. The van der Waals surface area contributed by atoms with Crippen LogP contribution in [0.5, 0.6) is 0 Å². The summed E-state index contributed by atoms with van der Waals surface area (Å²) in [5.74, 6) is 0. The third-order valence-electron chi connectivity index (χ3n) is 10.4. The zero-order valence-corrected chi connectivity index (χ0v) is 30.0. The van der Waals surface area contributed by atoms with Gasteiger partial charge in [0.15, 0.2) is 0 Å². The first-order valence-corrected chi connectivity index (χ1v) is 18.7. The minimum absolute atomic E-state index is 0.906. The lowest BCUT2D eigenvalue weighted by Gasteiger charge is -2.27. The Morgan fingerprint density at radius 1 is 0.327 bits per heavy atom. The summed E-state index contributed by atoms with van der Waals surface area (Å²) in [6.07, 6.45) is 0. The van der Waals surface area contributed by atoms with Gasteiger partial charge in [0.2, 0.25) is 0 Å². The molecule has 258 valence electrons. The molecule has 2 heterocycles. The predicted molar refractivity (Wildman–Crippen MR) is 231 cm³/mol. The quantitative estimate of drug-likeness (QED) is 0.155. The number of hydrogen-bond acceptors (Lipinski definition) is 3. The molecule has 0 radical (unpaired) electrons. The number of pyridine rings is 2. The highest BCUT2D eigenvalue weighted by molar-refractivity contribution is 6.24. The van der Waals surface area contributed by atoms with Crippen LogP contribution in [0, 0.1) is 0 Å². The highest BCUT2D eigenvalue weighted by Gasteiger charge is 2.21. The molecule has 10 rings (SSSR count). The monoisotopic (exact) mass is 701 g/mol. The Morgan fingerprint density at radius 3 is 1.58 bits per heavy atom. The first kappa shape index (κ1) is 32.3. The molecule has 0 saturated carbocycles. The summed E-state index contributed by atoms with van der Waals surface area (Å²) < 4.78 is 0. The van der Waals surface area contributed by atoms with E-state index in [1.54, 1.807) is 0 Å². The predicted octanol–water partition coefficient (Wildman–Crippen LogP) is 14.1. The molecule has 0 spiro atoms.